The van der Waals surface area contributed by atoms with Crippen LogP contribution in [0.4, 0.5) is 24.1 Å². The average Bonchev–Trinajstić information content (AvgIpc) is 3.53. The Kier molecular flexibility index (Phi) is 7.84. The van der Waals surface area contributed by atoms with Gasteiger partial charge in [-0.05, 0) is 37.6 Å². The van der Waals surface area contributed by atoms with E-state index in [0.29, 0.717) is 54.7 Å². The van der Waals surface area contributed by atoms with Gasteiger partial charge in [0, 0.05) is 61.2 Å². The van der Waals surface area contributed by atoms with Crippen LogP contribution in [0, 0.1) is 0 Å². The van der Waals surface area contributed by atoms with Gasteiger partial charge in [0.1, 0.15) is 23.3 Å². The van der Waals surface area contributed by atoms with Crippen LogP contribution in [0.25, 0.3) is 22.5 Å². The number of alkyl halides is 3. The van der Waals surface area contributed by atoms with Gasteiger partial charge in [-0.15, -0.1) is 13.2 Å². The lowest BCUT2D eigenvalue weighted by Gasteiger charge is -2.35. The third-order valence-electron chi connectivity index (χ3n) is 7.03. The van der Waals surface area contributed by atoms with Gasteiger partial charge in [0.25, 0.3) is 0 Å². The van der Waals surface area contributed by atoms with E-state index in [-0.39, 0.29) is 11.7 Å². The van der Waals surface area contributed by atoms with Crippen LogP contribution in [0.2, 0.25) is 0 Å². The van der Waals surface area contributed by atoms with E-state index < -0.39 is 12.4 Å². The Bertz CT molecular complexity index is 1700. The molecule has 3 aromatic heterocycles. The fourth-order valence-corrected chi connectivity index (χ4v) is 5.65. The smallest absolute Gasteiger partial charge is 0.406 e. The number of piperazine rings is 1. The third kappa shape index (κ3) is 6.38. The molecule has 1 N–H and O–H groups in total. The second kappa shape index (κ2) is 11.9. The Balaban J connectivity index is 1.13. The first-order valence-electron chi connectivity index (χ1n) is 13.6. The molecule has 1 amide bonds. The van der Waals surface area contributed by atoms with E-state index in [2.05, 4.69) is 41.4 Å². The Morgan fingerprint density at radius 3 is 2.65 bits per heavy atom. The molecule has 0 radical (unpaired) electrons. The Morgan fingerprint density at radius 1 is 1.09 bits per heavy atom. The highest BCUT2D eigenvalue weighted by Gasteiger charge is 2.31. The number of hydrogen-bond donors (Lipinski definition) is 1. The van der Waals surface area contributed by atoms with Crippen LogP contribution < -0.4 is 15.0 Å². The van der Waals surface area contributed by atoms with Crippen molar-refractivity contribution in [3.63, 3.8) is 0 Å². The van der Waals surface area contributed by atoms with Crippen LogP contribution in [0.15, 0.2) is 73.2 Å². The zero-order chi connectivity index (χ0) is 30.0. The predicted molar refractivity (Wildman–Crippen MR) is 158 cm³/mol. The first-order valence-corrected chi connectivity index (χ1v) is 14.4. The summed E-state index contributed by atoms with van der Waals surface area (Å²) in [6.45, 7) is 4.08. The normalized spacial score (nSPS) is 16.2. The number of nitrogens with one attached hydrogen (secondary N) is 1. The first-order chi connectivity index (χ1) is 20.7. The molecule has 1 unspecified atom stereocenters. The fraction of sp³-hybridized carbons (Fsp3) is 0.276. The zero-order valence-electron chi connectivity index (χ0n) is 23.0. The molecular weight excluding hydrogens is 581 g/mol. The molecule has 43 heavy (non-hydrogen) atoms. The molecular formula is C29H27F3N8O2S. The summed E-state index contributed by atoms with van der Waals surface area (Å²) in [5.41, 5.74) is 2.51. The number of carbonyl (C=O) groups is 1. The van der Waals surface area contributed by atoms with Crippen LogP contribution in [-0.4, -0.2) is 73.1 Å². The number of anilines is 2. The van der Waals surface area contributed by atoms with Crippen molar-refractivity contribution >= 4 is 39.6 Å². The lowest BCUT2D eigenvalue weighted by atomic mass is 10.1. The minimum Gasteiger partial charge on any atom is -0.406 e. The van der Waals surface area contributed by atoms with Gasteiger partial charge >= 0.3 is 6.36 Å². The molecule has 10 nitrogen and oxygen atoms in total. The number of benzene rings is 1. The summed E-state index contributed by atoms with van der Waals surface area (Å²) in [4.78, 5) is 30.9. The van der Waals surface area contributed by atoms with Crippen LogP contribution >= 0.6 is 11.5 Å². The number of rotatable bonds is 7. The lowest BCUT2D eigenvalue weighted by Crippen LogP contribution is -2.52. The second-order valence-electron chi connectivity index (χ2n) is 9.95. The minimum absolute atomic E-state index is 0.0815. The number of fused-ring (bicyclic) bond motifs is 1. The Morgan fingerprint density at radius 2 is 1.88 bits per heavy atom. The van der Waals surface area contributed by atoms with E-state index in [0.717, 1.165) is 17.1 Å². The molecule has 0 bridgehead atoms. The molecule has 14 heteroatoms. The fourth-order valence-electron chi connectivity index (χ4n) is 4.91. The number of halogens is 3. The Hall–Kier alpha value is -4.72. The molecule has 0 saturated carbocycles. The van der Waals surface area contributed by atoms with E-state index in [1.165, 1.54) is 35.8 Å². The molecule has 4 aromatic rings. The molecule has 6 rings (SSSR count). The number of carbonyl (C=O) groups excluding carboxylic acids is 1. The number of imidazole rings is 1. The predicted octanol–water partition coefficient (Wildman–Crippen LogP) is 5.20. The number of nitrogens with zero attached hydrogens (tertiary/aromatic N) is 7. The number of aromatic nitrogens is 5. The molecule has 1 atom stereocenters. The Labute approximate surface area is 249 Å². The molecule has 1 saturated heterocycles. The van der Waals surface area contributed by atoms with Crippen LogP contribution in [0.1, 0.15) is 19.2 Å². The highest BCUT2D eigenvalue weighted by Crippen LogP contribution is 2.32. The van der Waals surface area contributed by atoms with Crippen molar-refractivity contribution in [2.24, 2.45) is 0 Å². The minimum atomic E-state index is -4.79. The maximum absolute atomic E-state index is 13.5. The summed E-state index contributed by atoms with van der Waals surface area (Å²) in [5.74, 6) is 0.807. The molecule has 0 spiro atoms. The molecule has 1 aliphatic heterocycles. The van der Waals surface area contributed by atoms with Gasteiger partial charge in [0.05, 0.1) is 6.20 Å². The highest BCUT2D eigenvalue weighted by molar-refractivity contribution is 7.09. The van der Waals surface area contributed by atoms with Gasteiger partial charge < -0.3 is 19.9 Å². The second-order valence-corrected chi connectivity index (χ2v) is 10.7. The zero-order valence-corrected chi connectivity index (χ0v) is 23.8. The molecule has 1 aromatic carbocycles. The third-order valence-corrected chi connectivity index (χ3v) is 7.81. The van der Waals surface area contributed by atoms with Gasteiger partial charge in [-0.25, -0.2) is 4.98 Å². The van der Waals surface area contributed by atoms with Gasteiger partial charge in [-0.3, -0.25) is 14.2 Å². The molecule has 2 aliphatic rings. The van der Waals surface area contributed by atoms with E-state index >= 15 is 0 Å². The first kappa shape index (κ1) is 28.4. The summed E-state index contributed by atoms with van der Waals surface area (Å²) < 4.78 is 48.2. The van der Waals surface area contributed by atoms with Crippen LogP contribution in [-0.2, 0) is 4.79 Å². The SMILES string of the molecule is CC(Nc1c(-c2ccc(OC(F)(F)F)cc2)nc2cnccn12)C(=O)N1CCN(c2nc(C3=CC=CCC=C3)ns2)CC1. The lowest BCUT2D eigenvalue weighted by molar-refractivity contribution is -0.274. The van der Waals surface area contributed by atoms with Crippen LogP contribution in [0.3, 0.4) is 0 Å². The van der Waals surface area contributed by atoms with Gasteiger partial charge in [-0.1, -0.05) is 30.4 Å². The van der Waals surface area contributed by atoms with Crippen molar-refractivity contribution in [1.29, 1.82) is 0 Å². The van der Waals surface area contributed by atoms with Crippen molar-refractivity contribution in [2.75, 3.05) is 36.4 Å². The van der Waals surface area contributed by atoms with E-state index in [9.17, 15) is 18.0 Å². The number of allylic oxidation sites excluding steroid dienone is 6. The largest absolute Gasteiger partial charge is 0.573 e. The quantitative estimate of drug-likeness (QED) is 0.306. The number of hydrogen-bond acceptors (Lipinski definition) is 9. The van der Waals surface area contributed by atoms with Crippen molar-refractivity contribution in [2.45, 2.75) is 25.7 Å². The molecule has 4 heterocycles. The molecule has 1 fully saturated rings. The van der Waals surface area contributed by atoms with E-state index in [1.807, 2.05) is 23.1 Å². The molecule has 1 aliphatic carbocycles. The van der Waals surface area contributed by atoms with E-state index in [1.54, 1.807) is 29.9 Å². The maximum atomic E-state index is 13.5. The van der Waals surface area contributed by atoms with Gasteiger partial charge in [0.2, 0.25) is 11.0 Å². The maximum Gasteiger partial charge on any atom is 0.573 e. The standard InChI is InChI=1S/C29H27F3N8O2S/c1-19(27(41)38-14-16-39(17-15-38)28-36-25(37-43-28)21-6-4-2-3-5-7-21)34-26-24(35-23-18-33-12-13-40(23)26)20-8-10-22(11-9-20)42-29(30,31)32/h2,4-13,18-19,34H,3,14-17H2,1H3. The topological polar surface area (TPSA) is 101 Å². The van der Waals surface area contributed by atoms with Crippen molar-refractivity contribution in [1.82, 2.24) is 28.6 Å². The average molecular weight is 609 g/mol. The van der Waals surface area contributed by atoms with Crippen LogP contribution in [0.5, 0.6) is 5.75 Å². The monoisotopic (exact) mass is 608 g/mol. The van der Waals surface area contributed by atoms with E-state index in [4.69, 9.17) is 4.98 Å². The summed E-state index contributed by atoms with van der Waals surface area (Å²) >= 11 is 1.35. The highest BCUT2D eigenvalue weighted by atomic mass is 32.1. The summed E-state index contributed by atoms with van der Waals surface area (Å²) in [5, 5.41) is 4.11. The van der Waals surface area contributed by atoms with Crippen molar-refractivity contribution in [3.8, 4) is 17.0 Å². The van der Waals surface area contributed by atoms with Crippen molar-refractivity contribution < 1.29 is 22.7 Å². The number of amides is 1. The van der Waals surface area contributed by atoms with Gasteiger partial charge in [0.15, 0.2) is 11.5 Å². The summed E-state index contributed by atoms with van der Waals surface area (Å²) in [6.07, 6.45) is 11.1. The number of ether oxygens (including phenoxy) is 1. The summed E-state index contributed by atoms with van der Waals surface area (Å²) in [6, 6.07) is 4.83. The summed E-state index contributed by atoms with van der Waals surface area (Å²) in [7, 11) is 0. The van der Waals surface area contributed by atoms with Gasteiger partial charge in [-0.2, -0.15) is 9.36 Å². The van der Waals surface area contributed by atoms with Crippen molar-refractivity contribution in [3.05, 3.63) is 79.1 Å². The molecule has 222 valence electrons.